The molecule has 1 saturated heterocycles. The van der Waals surface area contributed by atoms with Crippen LogP contribution in [0.5, 0.6) is 0 Å². The van der Waals surface area contributed by atoms with E-state index in [0.29, 0.717) is 18.8 Å². The quantitative estimate of drug-likeness (QED) is 0.515. The van der Waals surface area contributed by atoms with Gasteiger partial charge in [0, 0.05) is 19.0 Å². The van der Waals surface area contributed by atoms with Crippen LogP contribution in [0.2, 0.25) is 0 Å². The van der Waals surface area contributed by atoms with Crippen LogP contribution in [-0.2, 0) is 27.2 Å². The highest BCUT2D eigenvalue weighted by Crippen LogP contribution is 2.37. The zero-order valence-electron chi connectivity index (χ0n) is 18.7. The van der Waals surface area contributed by atoms with Crippen molar-refractivity contribution in [2.24, 2.45) is 5.92 Å². The minimum Gasteiger partial charge on any atom is -0.399 e. The standard InChI is InChI=1S/C25H29BN2O3/c1-24(2)25(3,4)31-26(30-24)22-14-13-21(27-5)15-20(22)17-28(23(29)19-11-12-19)16-18-9-7-6-8-10-18/h6-10,13-15,19H,11-12,16-17H2,1-4H3. The molecule has 2 aromatic rings. The summed E-state index contributed by atoms with van der Waals surface area (Å²) < 4.78 is 12.6. The van der Waals surface area contributed by atoms with Gasteiger partial charge < -0.3 is 14.2 Å². The molecule has 4 rings (SSSR count). The van der Waals surface area contributed by atoms with Gasteiger partial charge in [-0.2, -0.15) is 0 Å². The molecule has 2 aromatic carbocycles. The molecule has 1 aliphatic carbocycles. The van der Waals surface area contributed by atoms with Crippen molar-refractivity contribution in [1.82, 2.24) is 4.90 Å². The summed E-state index contributed by atoms with van der Waals surface area (Å²) in [5.74, 6) is 0.296. The molecule has 0 aromatic heterocycles. The number of carbonyl (C=O) groups excluding carboxylic acids is 1. The van der Waals surface area contributed by atoms with E-state index in [1.165, 1.54) is 0 Å². The average molecular weight is 416 g/mol. The van der Waals surface area contributed by atoms with Crippen LogP contribution in [0.15, 0.2) is 48.5 Å². The molecule has 0 radical (unpaired) electrons. The van der Waals surface area contributed by atoms with Crippen molar-refractivity contribution in [3.63, 3.8) is 0 Å². The molecule has 1 heterocycles. The predicted molar refractivity (Wildman–Crippen MR) is 122 cm³/mol. The van der Waals surface area contributed by atoms with Crippen molar-refractivity contribution in [2.75, 3.05) is 0 Å². The van der Waals surface area contributed by atoms with E-state index in [1.54, 1.807) is 6.07 Å². The fourth-order valence-electron chi connectivity index (χ4n) is 3.81. The Kier molecular flexibility index (Phi) is 5.68. The van der Waals surface area contributed by atoms with Crippen LogP contribution in [0.4, 0.5) is 5.69 Å². The summed E-state index contributed by atoms with van der Waals surface area (Å²) >= 11 is 0. The van der Waals surface area contributed by atoms with Gasteiger partial charge in [-0.15, -0.1) is 0 Å². The highest BCUT2D eigenvalue weighted by atomic mass is 16.7. The predicted octanol–water partition coefficient (Wildman–Crippen LogP) is 4.48. The number of hydrogen-bond acceptors (Lipinski definition) is 3. The molecule has 2 fully saturated rings. The Bertz CT molecular complexity index is 993. The lowest BCUT2D eigenvalue weighted by molar-refractivity contribution is -0.133. The zero-order chi connectivity index (χ0) is 22.2. The van der Waals surface area contributed by atoms with Crippen molar-refractivity contribution in [2.45, 2.75) is 64.8 Å². The first-order valence-electron chi connectivity index (χ1n) is 10.9. The minimum absolute atomic E-state index is 0.119. The Labute approximate surface area is 185 Å². The molecule has 1 aliphatic heterocycles. The maximum absolute atomic E-state index is 13.1. The summed E-state index contributed by atoms with van der Waals surface area (Å²) in [4.78, 5) is 18.6. The Morgan fingerprint density at radius 3 is 2.29 bits per heavy atom. The lowest BCUT2D eigenvalue weighted by Crippen LogP contribution is -2.41. The molecule has 2 aliphatic rings. The molecule has 1 saturated carbocycles. The number of amides is 1. The van der Waals surface area contributed by atoms with Gasteiger partial charge in [-0.3, -0.25) is 4.79 Å². The van der Waals surface area contributed by atoms with Gasteiger partial charge in [0.25, 0.3) is 0 Å². The van der Waals surface area contributed by atoms with Gasteiger partial charge >= 0.3 is 7.12 Å². The third kappa shape index (κ3) is 4.53. The summed E-state index contributed by atoms with van der Waals surface area (Å²) in [6, 6.07) is 15.6. The van der Waals surface area contributed by atoms with Gasteiger partial charge in [0.1, 0.15) is 0 Å². The number of rotatable bonds is 6. The lowest BCUT2D eigenvalue weighted by atomic mass is 9.75. The molecule has 1 amide bonds. The van der Waals surface area contributed by atoms with Crippen LogP contribution in [-0.4, -0.2) is 29.1 Å². The Morgan fingerprint density at radius 2 is 1.71 bits per heavy atom. The molecule has 0 bridgehead atoms. The molecule has 160 valence electrons. The molecule has 0 spiro atoms. The highest BCUT2D eigenvalue weighted by Gasteiger charge is 2.52. The van der Waals surface area contributed by atoms with Gasteiger partial charge in [-0.1, -0.05) is 48.5 Å². The lowest BCUT2D eigenvalue weighted by Gasteiger charge is -2.32. The van der Waals surface area contributed by atoms with Crippen molar-refractivity contribution in [3.8, 4) is 0 Å². The van der Waals surface area contributed by atoms with E-state index < -0.39 is 18.3 Å². The molecule has 0 atom stereocenters. The van der Waals surface area contributed by atoms with Gasteiger partial charge in [0.15, 0.2) is 5.69 Å². The van der Waals surface area contributed by atoms with E-state index in [9.17, 15) is 4.79 Å². The van der Waals surface area contributed by atoms with E-state index in [2.05, 4.69) is 4.85 Å². The van der Waals surface area contributed by atoms with E-state index in [4.69, 9.17) is 15.9 Å². The SMILES string of the molecule is [C-]#[N+]c1ccc(B2OC(C)(C)C(C)(C)O2)c(CN(Cc2ccccc2)C(=O)C2CC2)c1. The minimum atomic E-state index is -0.533. The smallest absolute Gasteiger partial charge is 0.399 e. The van der Waals surface area contributed by atoms with Gasteiger partial charge in [0.2, 0.25) is 5.91 Å². The van der Waals surface area contributed by atoms with E-state index >= 15 is 0 Å². The highest BCUT2D eigenvalue weighted by molar-refractivity contribution is 6.62. The monoisotopic (exact) mass is 416 g/mol. The van der Waals surface area contributed by atoms with E-state index in [1.807, 2.05) is 75.1 Å². The largest absolute Gasteiger partial charge is 0.495 e. The first-order valence-corrected chi connectivity index (χ1v) is 10.9. The second-order valence-electron chi connectivity index (χ2n) is 9.54. The van der Waals surface area contributed by atoms with Crippen LogP contribution in [0.25, 0.3) is 4.85 Å². The number of carbonyl (C=O) groups is 1. The van der Waals surface area contributed by atoms with Crippen LogP contribution in [0, 0.1) is 12.5 Å². The second-order valence-corrected chi connectivity index (χ2v) is 9.54. The van der Waals surface area contributed by atoms with Gasteiger partial charge in [0.05, 0.1) is 17.8 Å². The van der Waals surface area contributed by atoms with Crippen molar-refractivity contribution in [1.29, 1.82) is 0 Å². The molecule has 0 N–H and O–H groups in total. The average Bonchev–Trinajstić information content (AvgIpc) is 3.54. The van der Waals surface area contributed by atoms with Crippen LogP contribution < -0.4 is 5.46 Å². The number of nitrogens with zero attached hydrogens (tertiary/aromatic N) is 2. The van der Waals surface area contributed by atoms with Crippen LogP contribution in [0.3, 0.4) is 0 Å². The maximum atomic E-state index is 13.1. The topological polar surface area (TPSA) is 43.1 Å². The zero-order valence-corrected chi connectivity index (χ0v) is 18.7. The second kappa shape index (κ2) is 8.14. The summed E-state index contributed by atoms with van der Waals surface area (Å²) in [5.41, 5.74) is 2.51. The normalized spacial score (nSPS) is 19.1. The Morgan fingerprint density at radius 1 is 1.06 bits per heavy atom. The molecule has 5 nitrogen and oxygen atoms in total. The summed E-state index contributed by atoms with van der Waals surface area (Å²) in [6.45, 7) is 16.5. The third-order valence-electron chi connectivity index (χ3n) is 6.58. The first-order chi connectivity index (χ1) is 14.7. The maximum Gasteiger partial charge on any atom is 0.495 e. The molecule has 31 heavy (non-hydrogen) atoms. The van der Waals surface area contributed by atoms with Gasteiger partial charge in [-0.25, -0.2) is 4.85 Å². The van der Waals surface area contributed by atoms with Crippen molar-refractivity contribution in [3.05, 3.63) is 71.1 Å². The summed E-state index contributed by atoms with van der Waals surface area (Å²) in [6.07, 6.45) is 1.91. The molecular formula is C25H29BN2O3. The molecule has 0 unspecified atom stereocenters. The van der Waals surface area contributed by atoms with Crippen LogP contribution in [0.1, 0.15) is 51.7 Å². The first kappa shape index (κ1) is 21.6. The third-order valence-corrected chi connectivity index (χ3v) is 6.58. The Balaban J connectivity index is 1.66. The van der Waals surface area contributed by atoms with E-state index in [0.717, 1.165) is 29.4 Å². The molecule has 6 heteroatoms. The number of hydrogen-bond donors (Lipinski definition) is 0. The Hall–Kier alpha value is -2.62. The molecular weight excluding hydrogens is 387 g/mol. The van der Waals surface area contributed by atoms with E-state index in [-0.39, 0.29) is 11.8 Å². The summed E-state index contributed by atoms with van der Waals surface area (Å²) in [5, 5.41) is 0. The van der Waals surface area contributed by atoms with Crippen LogP contribution >= 0.6 is 0 Å². The van der Waals surface area contributed by atoms with Gasteiger partial charge in [-0.05, 0) is 57.1 Å². The fourth-order valence-corrected chi connectivity index (χ4v) is 3.81. The van der Waals surface area contributed by atoms with Crippen molar-refractivity contribution < 1.29 is 14.1 Å². The fraction of sp³-hybridized carbons (Fsp3) is 0.440. The van der Waals surface area contributed by atoms with Crippen molar-refractivity contribution >= 4 is 24.2 Å². The number of benzene rings is 2. The summed E-state index contributed by atoms with van der Waals surface area (Å²) in [7, 11) is -0.533.